The number of ketones is 1. The van der Waals surface area contributed by atoms with Crippen molar-refractivity contribution < 1.29 is 9.59 Å². The zero-order chi connectivity index (χ0) is 24.5. The molecule has 1 aliphatic carbocycles. The van der Waals surface area contributed by atoms with Crippen molar-refractivity contribution in [1.82, 2.24) is 5.32 Å². The van der Waals surface area contributed by atoms with Crippen LogP contribution in [0.4, 0.5) is 5.69 Å². The van der Waals surface area contributed by atoms with Crippen molar-refractivity contribution in [2.75, 3.05) is 11.1 Å². The first kappa shape index (κ1) is 24.6. The molecular weight excluding hydrogens is 534 g/mol. The smallest absolute Gasteiger partial charge is 0.234 e. The molecule has 1 amide bonds. The van der Waals surface area contributed by atoms with E-state index in [4.69, 9.17) is 11.6 Å². The molecule has 2 aromatic carbocycles. The minimum Gasteiger partial charge on any atom is -0.352 e. The first-order valence-electron chi connectivity index (χ1n) is 10.8. The summed E-state index contributed by atoms with van der Waals surface area (Å²) in [7, 11) is 0. The van der Waals surface area contributed by atoms with Crippen molar-refractivity contribution in [2.45, 2.75) is 32.6 Å². The molecular formula is C26H23BrClN3O2S. The number of anilines is 1. The maximum absolute atomic E-state index is 13.2. The van der Waals surface area contributed by atoms with Crippen LogP contribution in [0.25, 0.3) is 0 Å². The molecule has 4 rings (SSSR count). The van der Waals surface area contributed by atoms with Gasteiger partial charge in [-0.05, 0) is 53.8 Å². The van der Waals surface area contributed by atoms with Crippen molar-refractivity contribution in [3.63, 3.8) is 0 Å². The Balaban J connectivity index is 1.64. The molecule has 0 saturated carbocycles. The second kappa shape index (κ2) is 9.99. The fourth-order valence-corrected chi connectivity index (χ4v) is 5.60. The van der Waals surface area contributed by atoms with Crippen LogP contribution in [0.15, 0.2) is 74.9 Å². The molecule has 8 heteroatoms. The molecule has 2 N–H and O–H groups in total. The van der Waals surface area contributed by atoms with Crippen LogP contribution >= 0.6 is 39.3 Å². The molecule has 0 radical (unpaired) electrons. The van der Waals surface area contributed by atoms with Gasteiger partial charge in [-0.1, -0.05) is 65.3 Å². The molecule has 0 bridgehead atoms. The topological polar surface area (TPSA) is 82.0 Å². The third-order valence-electron chi connectivity index (χ3n) is 5.81. The molecule has 1 aliphatic heterocycles. The number of benzene rings is 2. The largest absolute Gasteiger partial charge is 0.352 e. The lowest BCUT2D eigenvalue weighted by molar-refractivity contribution is -0.118. The van der Waals surface area contributed by atoms with Crippen LogP contribution in [0.5, 0.6) is 0 Å². The molecule has 0 aromatic heterocycles. The summed E-state index contributed by atoms with van der Waals surface area (Å²) in [5.41, 5.74) is 3.25. The summed E-state index contributed by atoms with van der Waals surface area (Å²) in [5, 5.41) is 17.5. The highest BCUT2D eigenvalue weighted by Gasteiger charge is 2.41. The first-order chi connectivity index (χ1) is 16.2. The maximum Gasteiger partial charge on any atom is 0.234 e. The Morgan fingerprint density at radius 2 is 1.88 bits per heavy atom. The zero-order valence-electron chi connectivity index (χ0n) is 18.7. The Kier molecular flexibility index (Phi) is 7.22. The Labute approximate surface area is 216 Å². The van der Waals surface area contributed by atoms with Crippen LogP contribution in [0.3, 0.4) is 0 Å². The van der Waals surface area contributed by atoms with Gasteiger partial charge in [0.25, 0.3) is 0 Å². The van der Waals surface area contributed by atoms with E-state index in [1.165, 1.54) is 11.8 Å². The van der Waals surface area contributed by atoms with Gasteiger partial charge in [-0.25, -0.2) is 0 Å². The summed E-state index contributed by atoms with van der Waals surface area (Å²) >= 11 is 10.7. The summed E-state index contributed by atoms with van der Waals surface area (Å²) in [6.45, 7) is 4.13. The third-order valence-corrected chi connectivity index (χ3v) is 7.60. The normalized spacial score (nSPS) is 19.3. The number of halogens is 2. The van der Waals surface area contributed by atoms with Crippen molar-refractivity contribution in [1.29, 1.82) is 5.26 Å². The number of rotatable bonds is 5. The van der Waals surface area contributed by atoms with E-state index < -0.39 is 5.92 Å². The zero-order valence-corrected chi connectivity index (χ0v) is 21.9. The highest BCUT2D eigenvalue weighted by molar-refractivity contribution is 9.10. The maximum atomic E-state index is 13.2. The number of thioether (sulfide) groups is 1. The number of amides is 1. The van der Waals surface area contributed by atoms with Gasteiger partial charge in [0.2, 0.25) is 5.91 Å². The minimum absolute atomic E-state index is 0.0449. The van der Waals surface area contributed by atoms with Gasteiger partial charge in [0.15, 0.2) is 5.78 Å². The van der Waals surface area contributed by atoms with Crippen LogP contribution < -0.4 is 10.6 Å². The van der Waals surface area contributed by atoms with Crippen LogP contribution in [-0.4, -0.2) is 17.4 Å². The molecule has 0 spiro atoms. The van der Waals surface area contributed by atoms with Gasteiger partial charge in [0.05, 0.1) is 28.3 Å². The summed E-state index contributed by atoms with van der Waals surface area (Å²) in [5.74, 6) is -0.499. The second-order valence-electron chi connectivity index (χ2n) is 9.14. The van der Waals surface area contributed by atoms with Gasteiger partial charge in [-0.15, -0.1) is 0 Å². The number of carbonyl (C=O) groups excluding carboxylic acids is 2. The molecule has 2 aliphatic rings. The molecule has 2 aromatic rings. The first-order valence-corrected chi connectivity index (χ1v) is 12.9. The standard InChI is InChI=1S/C26H23BrClN3O2S/c1-26(2)11-20-24(21(32)12-26)23(15-3-7-17(28)8-4-15)19(13-29)25(31-20)34-14-22(33)30-18-9-5-16(27)6-10-18/h3-10,23,31H,11-12,14H2,1-2H3,(H,30,33)/t23-/m1/s1. The predicted octanol–water partition coefficient (Wildman–Crippen LogP) is 6.54. The number of dihydropyridines is 1. The number of allylic oxidation sites excluding steroid dienone is 3. The molecule has 1 atom stereocenters. The fourth-order valence-electron chi connectivity index (χ4n) is 4.35. The average Bonchev–Trinajstić information content (AvgIpc) is 2.78. The Morgan fingerprint density at radius 3 is 2.53 bits per heavy atom. The van der Waals surface area contributed by atoms with Crippen molar-refractivity contribution >= 4 is 56.7 Å². The molecule has 174 valence electrons. The highest BCUT2D eigenvalue weighted by Crippen LogP contribution is 2.47. The van der Waals surface area contributed by atoms with E-state index in [9.17, 15) is 14.9 Å². The summed E-state index contributed by atoms with van der Waals surface area (Å²) in [6, 6.07) is 16.9. The SMILES string of the molecule is CC1(C)CC(=O)C2=C(C1)NC(SCC(=O)Nc1ccc(Br)cc1)=C(C#N)[C@H]2c1ccc(Cl)cc1. The number of nitriles is 1. The lowest BCUT2D eigenvalue weighted by atomic mass is 9.69. The van der Waals surface area contributed by atoms with Gasteiger partial charge in [0, 0.05) is 32.9 Å². The van der Waals surface area contributed by atoms with Gasteiger partial charge in [0.1, 0.15) is 0 Å². The van der Waals surface area contributed by atoms with Crippen molar-refractivity contribution in [2.24, 2.45) is 5.41 Å². The minimum atomic E-state index is -0.487. The van der Waals surface area contributed by atoms with E-state index in [0.29, 0.717) is 39.7 Å². The van der Waals surface area contributed by atoms with Crippen molar-refractivity contribution in [3.05, 3.63) is 85.5 Å². The molecule has 0 fully saturated rings. The van der Waals surface area contributed by atoms with Gasteiger partial charge in [-0.2, -0.15) is 5.26 Å². The van der Waals surface area contributed by atoms with E-state index in [0.717, 1.165) is 15.7 Å². The Hall–Kier alpha value is -2.53. The predicted molar refractivity (Wildman–Crippen MR) is 140 cm³/mol. The van der Waals surface area contributed by atoms with E-state index >= 15 is 0 Å². The van der Waals surface area contributed by atoms with E-state index in [-0.39, 0.29) is 22.9 Å². The highest BCUT2D eigenvalue weighted by atomic mass is 79.9. The van der Waals surface area contributed by atoms with Crippen LogP contribution in [-0.2, 0) is 9.59 Å². The summed E-state index contributed by atoms with van der Waals surface area (Å²) < 4.78 is 0.928. The van der Waals surface area contributed by atoms with Crippen molar-refractivity contribution in [3.8, 4) is 6.07 Å². The molecule has 5 nitrogen and oxygen atoms in total. The number of nitrogens with zero attached hydrogens (tertiary/aromatic N) is 1. The molecule has 0 unspecified atom stereocenters. The van der Waals surface area contributed by atoms with Crippen LogP contribution in [0.1, 0.15) is 38.2 Å². The summed E-state index contributed by atoms with van der Waals surface area (Å²) in [6.07, 6.45) is 1.11. The average molecular weight is 557 g/mol. The fraction of sp³-hybridized carbons (Fsp3) is 0.269. The lowest BCUT2D eigenvalue weighted by Gasteiger charge is -2.39. The van der Waals surface area contributed by atoms with Gasteiger partial charge < -0.3 is 10.6 Å². The van der Waals surface area contributed by atoms with Gasteiger partial charge >= 0.3 is 0 Å². The number of hydrogen-bond donors (Lipinski definition) is 2. The number of hydrogen-bond acceptors (Lipinski definition) is 5. The number of carbonyl (C=O) groups is 2. The molecule has 34 heavy (non-hydrogen) atoms. The third kappa shape index (κ3) is 5.41. The van der Waals surface area contributed by atoms with E-state index in [2.05, 4.69) is 46.5 Å². The van der Waals surface area contributed by atoms with E-state index in [1.54, 1.807) is 12.1 Å². The van der Waals surface area contributed by atoms with E-state index in [1.807, 2.05) is 36.4 Å². The van der Waals surface area contributed by atoms with Gasteiger partial charge in [-0.3, -0.25) is 9.59 Å². The summed E-state index contributed by atoms with van der Waals surface area (Å²) in [4.78, 5) is 25.8. The Morgan fingerprint density at radius 1 is 1.21 bits per heavy atom. The number of nitrogens with one attached hydrogen (secondary N) is 2. The quantitative estimate of drug-likeness (QED) is 0.437. The molecule has 1 heterocycles. The lowest BCUT2D eigenvalue weighted by Crippen LogP contribution is -2.37. The molecule has 0 saturated heterocycles. The second-order valence-corrected chi connectivity index (χ2v) is 11.5. The monoisotopic (exact) mass is 555 g/mol. The number of Topliss-reactive ketones (excluding diaryl/α,β-unsaturated/α-hetero) is 1. The van der Waals surface area contributed by atoms with Crippen LogP contribution in [0.2, 0.25) is 5.02 Å². The van der Waals surface area contributed by atoms with Crippen LogP contribution in [0, 0.1) is 16.7 Å². The Bertz CT molecular complexity index is 1240.